The molecule has 1 aromatic rings. The summed E-state index contributed by atoms with van der Waals surface area (Å²) >= 11 is 0. The smallest absolute Gasteiger partial charge is 0.336 e. The number of rotatable bonds is 5. The third-order valence-electron chi connectivity index (χ3n) is 7.26. The van der Waals surface area contributed by atoms with E-state index in [9.17, 15) is 24.9 Å². The van der Waals surface area contributed by atoms with E-state index >= 15 is 0 Å². The van der Waals surface area contributed by atoms with Crippen molar-refractivity contribution in [2.75, 3.05) is 13.6 Å². The van der Waals surface area contributed by atoms with Gasteiger partial charge in [0.05, 0.1) is 6.10 Å². The predicted octanol–water partition coefficient (Wildman–Crippen LogP) is 0.974. The second-order valence-electron chi connectivity index (χ2n) is 8.68. The minimum Gasteiger partial charge on any atom is -0.508 e. The number of phenolic OH excluding ortho intramolecular Hbond substituents is 1. The monoisotopic (exact) mass is 405 g/mol. The highest BCUT2D eigenvalue weighted by Gasteiger charge is 2.55. The van der Waals surface area contributed by atoms with Gasteiger partial charge in [0.2, 0.25) is 0 Å². The van der Waals surface area contributed by atoms with Crippen LogP contribution in [0.4, 0.5) is 0 Å². The third kappa shape index (κ3) is 3.29. The first kappa shape index (κ1) is 20.1. The molecule has 0 aromatic heterocycles. The molecule has 4 rings (SSSR count). The Hall–Kier alpha value is -2.16. The summed E-state index contributed by atoms with van der Waals surface area (Å²) < 4.78 is 5.64. The molecule has 8 heteroatoms. The highest BCUT2D eigenvalue weighted by atomic mass is 16.5. The normalized spacial score (nSPS) is 33.2. The second kappa shape index (κ2) is 7.27. The first-order chi connectivity index (χ1) is 13.7. The molecule has 158 valence electrons. The quantitative estimate of drug-likeness (QED) is 0.571. The summed E-state index contributed by atoms with van der Waals surface area (Å²) in [5.41, 5.74) is 2.35. The Morgan fingerprint density at radius 1 is 1.24 bits per heavy atom. The number of aromatic hydroxyl groups is 1. The van der Waals surface area contributed by atoms with Gasteiger partial charge >= 0.3 is 11.9 Å². The first-order valence-corrected chi connectivity index (χ1v) is 10.0. The lowest BCUT2D eigenvalue weighted by molar-refractivity contribution is -0.181. The summed E-state index contributed by atoms with van der Waals surface area (Å²) in [6.07, 6.45) is -0.564. The van der Waals surface area contributed by atoms with Crippen molar-refractivity contribution in [2.24, 2.45) is 5.92 Å². The van der Waals surface area contributed by atoms with Gasteiger partial charge in [-0.05, 0) is 74.9 Å². The Labute approximate surface area is 168 Å². The number of likely N-dealkylation sites (N-methyl/N-ethyl adjacent to an activating group) is 1. The van der Waals surface area contributed by atoms with E-state index in [0.29, 0.717) is 12.8 Å². The SMILES string of the molecule is CN1CC[C@]23CCC(OC(C(=O)O)C(O)C(=O)O)C[C@H]2[C@H]1Cc1ccc(O)cc13. The lowest BCUT2D eigenvalue weighted by Gasteiger charge is -2.59. The number of aliphatic hydroxyl groups excluding tert-OH is 1. The van der Waals surface area contributed by atoms with E-state index in [2.05, 4.69) is 11.9 Å². The van der Waals surface area contributed by atoms with Crippen LogP contribution in [0.2, 0.25) is 0 Å². The predicted molar refractivity (Wildman–Crippen MR) is 102 cm³/mol. The summed E-state index contributed by atoms with van der Waals surface area (Å²) in [6.45, 7) is 0.956. The molecule has 1 saturated heterocycles. The largest absolute Gasteiger partial charge is 0.508 e. The average Bonchev–Trinajstić information content (AvgIpc) is 2.68. The molecule has 1 heterocycles. The van der Waals surface area contributed by atoms with Gasteiger partial charge in [0.25, 0.3) is 0 Å². The highest BCUT2D eigenvalue weighted by Crippen LogP contribution is 2.56. The fourth-order valence-electron chi connectivity index (χ4n) is 5.84. The van der Waals surface area contributed by atoms with Gasteiger partial charge in [-0.1, -0.05) is 6.07 Å². The topological polar surface area (TPSA) is 128 Å². The Morgan fingerprint density at radius 3 is 2.69 bits per heavy atom. The number of likely N-dealkylation sites (tertiary alicyclic amines) is 1. The lowest BCUT2D eigenvalue weighted by atomic mass is 9.52. The third-order valence-corrected chi connectivity index (χ3v) is 7.26. The Bertz CT molecular complexity index is 827. The maximum absolute atomic E-state index is 11.5. The van der Waals surface area contributed by atoms with Crippen LogP contribution in [-0.2, 0) is 26.2 Å². The van der Waals surface area contributed by atoms with E-state index in [4.69, 9.17) is 9.84 Å². The van der Waals surface area contributed by atoms with Crippen molar-refractivity contribution in [2.45, 2.75) is 61.9 Å². The van der Waals surface area contributed by atoms with E-state index in [1.165, 1.54) is 11.1 Å². The molecule has 8 nitrogen and oxygen atoms in total. The number of hydrogen-bond acceptors (Lipinski definition) is 6. The summed E-state index contributed by atoms with van der Waals surface area (Å²) in [5, 5.41) is 38.2. The van der Waals surface area contributed by atoms with E-state index in [0.717, 1.165) is 25.8 Å². The molecule has 29 heavy (non-hydrogen) atoms. The zero-order valence-corrected chi connectivity index (χ0v) is 16.3. The van der Waals surface area contributed by atoms with Crippen LogP contribution in [0, 0.1) is 5.92 Å². The average molecular weight is 405 g/mol. The maximum atomic E-state index is 11.5. The van der Waals surface area contributed by atoms with Crippen LogP contribution >= 0.6 is 0 Å². The van der Waals surface area contributed by atoms with Gasteiger partial charge in [-0.3, -0.25) is 0 Å². The summed E-state index contributed by atoms with van der Waals surface area (Å²) in [7, 11) is 2.10. The van der Waals surface area contributed by atoms with Gasteiger partial charge in [-0.15, -0.1) is 0 Å². The standard InChI is InChI=1S/C21H27NO7/c1-22-7-6-21-5-4-13(29-18(20(27)28)17(24)19(25)26)10-15(21)16(22)8-11-2-3-12(23)9-14(11)21/h2-3,9,13,15-18,23-24H,4-8,10H2,1H3,(H,25,26)(H,27,28)/t13?,15-,16+,17?,18?,21-/m0/s1. The van der Waals surface area contributed by atoms with Crippen molar-refractivity contribution in [3.63, 3.8) is 0 Å². The number of carboxylic acids is 2. The van der Waals surface area contributed by atoms with Crippen molar-refractivity contribution in [3.8, 4) is 5.75 Å². The van der Waals surface area contributed by atoms with Crippen molar-refractivity contribution in [1.29, 1.82) is 0 Å². The number of fused-ring (bicyclic) bond motifs is 1. The van der Waals surface area contributed by atoms with E-state index in [1.807, 2.05) is 12.1 Å². The number of aliphatic hydroxyl groups is 1. The molecule has 1 saturated carbocycles. The molecule has 3 aliphatic rings. The van der Waals surface area contributed by atoms with Gasteiger partial charge in [-0.2, -0.15) is 0 Å². The molecule has 3 unspecified atom stereocenters. The highest BCUT2D eigenvalue weighted by molar-refractivity contribution is 5.83. The summed E-state index contributed by atoms with van der Waals surface area (Å²) in [4.78, 5) is 24.9. The number of ether oxygens (including phenoxy) is 1. The Balaban J connectivity index is 1.62. The molecule has 2 bridgehead atoms. The number of carboxylic acid groups (broad SMARTS) is 2. The molecule has 0 amide bonds. The van der Waals surface area contributed by atoms with Crippen LogP contribution < -0.4 is 0 Å². The van der Waals surface area contributed by atoms with E-state index in [-0.39, 0.29) is 23.1 Å². The van der Waals surface area contributed by atoms with Crippen LogP contribution in [0.1, 0.15) is 36.8 Å². The number of hydrogen-bond donors (Lipinski definition) is 4. The number of carbonyl (C=O) groups is 2. The van der Waals surface area contributed by atoms with Crippen LogP contribution in [0.25, 0.3) is 0 Å². The Morgan fingerprint density at radius 2 is 2.00 bits per heavy atom. The van der Waals surface area contributed by atoms with Gasteiger partial charge in [0.15, 0.2) is 12.2 Å². The van der Waals surface area contributed by atoms with Gasteiger partial charge < -0.3 is 30.1 Å². The van der Waals surface area contributed by atoms with Crippen molar-refractivity contribution < 1.29 is 34.8 Å². The Kier molecular flexibility index (Phi) is 5.04. The minimum absolute atomic E-state index is 0.0898. The molecule has 0 spiro atoms. The molecule has 6 atom stereocenters. The van der Waals surface area contributed by atoms with Crippen LogP contribution in [-0.4, -0.2) is 75.2 Å². The second-order valence-corrected chi connectivity index (χ2v) is 8.68. The molecule has 4 N–H and O–H groups in total. The van der Waals surface area contributed by atoms with Gasteiger partial charge in [-0.25, -0.2) is 9.59 Å². The number of phenols is 1. The maximum Gasteiger partial charge on any atom is 0.336 e. The fraction of sp³-hybridized carbons (Fsp3) is 0.619. The molecule has 2 fully saturated rings. The number of nitrogens with zero attached hydrogens (tertiary/aromatic N) is 1. The van der Waals surface area contributed by atoms with Crippen LogP contribution in [0.5, 0.6) is 5.75 Å². The van der Waals surface area contributed by atoms with Crippen LogP contribution in [0.3, 0.4) is 0 Å². The van der Waals surface area contributed by atoms with E-state index < -0.39 is 30.3 Å². The van der Waals surface area contributed by atoms with Gasteiger partial charge in [0, 0.05) is 11.5 Å². The summed E-state index contributed by atoms with van der Waals surface area (Å²) in [6, 6.07) is 5.88. The zero-order chi connectivity index (χ0) is 20.9. The zero-order valence-electron chi connectivity index (χ0n) is 16.3. The molecule has 2 aliphatic carbocycles. The van der Waals surface area contributed by atoms with Gasteiger partial charge in [0.1, 0.15) is 5.75 Å². The molecule has 1 aliphatic heterocycles. The number of piperidine rings is 1. The van der Waals surface area contributed by atoms with Crippen molar-refractivity contribution >= 4 is 11.9 Å². The number of benzene rings is 1. The van der Waals surface area contributed by atoms with E-state index in [1.54, 1.807) is 6.07 Å². The van der Waals surface area contributed by atoms with Crippen molar-refractivity contribution in [1.82, 2.24) is 4.90 Å². The van der Waals surface area contributed by atoms with Crippen molar-refractivity contribution in [3.05, 3.63) is 29.3 Å². The summed E-state index contributed by atoms with van der Waals surface area (Å²) in [5.74, 6) is -2.62. The van der Waals surface area contributed by atoms with Crippen LogP contribution in [0.15, 0.2) is 18.2 Å². The minimum atomic E-state index is -2.10. The fourth-order valence-corrected chi connectivity index (χ4v) is 5.84. The molecule has 1 aromatic carbocycles. The molecular weight excluding hydrogens is 378 g/mol. The first-order valence-electron chi connectivity index (χ1n) is 10.0. The number of aliphatic carboxylic acids is 2. The molecule has 0 radical (unpaired) electrons. The molecular formula is C21H27NO7. The lowest BCUT2D eigenvalue weighted by Crippen LogP contribution is -2.61.